The summed E-state index contributed by atoms with van der Waals surface area (Å²) in [5, 5.41) is 19.1. The highest BCUT2D eigenvalue weighted by atomic mass is 19.1. The lowest BCUT2D eigenvalue weighted by Crippen LogP contribution is -2.29. The van der Waals surface area contributed by atoms with E-state index in [9.17, 15) is 24.2 Å². The molecular weight excluding hydrogens is 259 g/mol. The van der Waals surface area contributed by atoms with Gasteiger partial charge < -0.3 is 19.7 Å². The number of hydrogen-bond donors (Lipinski definition) is 2. The van der Waals surface area contributed by atoms with Gasteiger partial charge in [0.2, 0.25) is 0 Å². The summed E-state index contributed by atoms with van der Waals surface area (Å²) in [7, 11) is 2.17. The maximum absolute atomic E-state index is 13.7. The Morgan fingerprint density at radius 1 is 1.21 bits per heavy atom. The van der Waals surface area contributed by atoms with E-state index in [1.807, 2.05) is 0 Å². The van der Waals surface area contributed by atoms with E-state index >= 15 is 0 Å². The molecule has 0 aliphatic rings. The number of rotatable bonds is 4. The third kappa shape index (κ3) is 3.27. The zero-order valence-electron chi connectivity index (χ0n) is 10.3. The van der Waals surface area contributed by atoms with Crippen LogP contribution in [0.1, 0.15) is 22.0 Å². The van der Waals surface area contributed by atoms with Gasteiger partial charge in [0, 0.05) is 5.56 Å². The van der Waals surface area contributed by atoms with Crippen molar-refractivity contribution in [2.24, 2.45) is 0 Å². The van der Waals surface area contributed by atoms with E-state index in [0.29, 0.717) is 0 Å². The number of aliphatic hydroxyl groups excluding tert-OH is 2. The average molecular weight is 272 g/mol. The molecule has 0 bridgehead atoms. The summed E-state index contributed by atoms with van der Waals surface area (Å²) < 4.78 is 22.3. The Labute approximate surface area is 108 Å². The van der Waals surface area contributed by atoms with Crippen LogP contribution in [0.3, 0.4) is 0 Å². The summed E-state index contributed by atoms with van der Waals surface area (Å²) in [6.45, 7) is 0. The normalized spacial score (nSPS) is 13.5. The highest BCUT2D eigenvalue weighted by Gasteiger charge is 2.28. The number of benzene rings is 1. The zero-order valence-corrected chi connectivity index (χ0v) is 10.3. The molecule has 0 saturated heterocycles. The van der Waals surface area contributed by atoms with Gasteiger partial charge in [0.25, 0.3) is 0 Å². The average Bonchev–Trinajstić information content (AvgIpc) is 2.43. The van der Waals surface area contributed by atoms with Crippen molar-refractivity contribution < 1.29 is 33.7 Å². The molecule has 1 rings (SSSR count). The van der Waals surface area contributed by atoms with Crippen LogP contribution in [0.25, 0.3) is 0 Å². The topological polar surface area (TPSA) is 93.1 Å². The molecule has 1 aromatic rings. The second-order valence-electron chi connectivity index (χ2n) is 3.64. The minimum atomic E-state index is -1.91. The molecule has 0 heterocycles. The van der Waals surface area contributed by atoms with Crippen molar-refractivity contribution in [3.05, 3.63) is 35.1 Å². The maximum atomic E-state index is 13.7. The van der Waals surface area contributed by atoms with Gasteiger partial charge >= 0.3 is 11.9 Å². The lowest BCUT2D eigenvalue weighted by Gasteiger charge is -2.16. The lowest BCUT2D eigenvalue weighted by atomic mass is 10.0. The van der Waals surface area contributed by atoms with Crippen LogP contribution >= 0.6 is 0 Å². The van der Waals surface area contributed by atoms with Gasteiger partial charge in [-0.25, -0.2) is 14.0 Å². The van der Waals surface area contributed by atoms with Crippen LogP contribution in [0.15, 0.2) is 18.2 Å². The SMILES string of the molecule is COC(=O)c1ccc(C(O)C(O)C(=O)OC)c(F)c1. The van der Waals surface area contributed by atoms with Gasteiger partial charge in [0.05, 0.1) is 19.8 Å². The van der Waals surface area contributed by atoms with Gasteiger partial charge in [0.1, 0.15) is 11.9 Å². The van der Waals surface area contributed by atoms with Gasteiger partial charge in [0.15, 0.2) is 6.10 Å². The fourth-order valence-corrected chi connectivity index (χ4v) is 1.43. The fourth-order valence-electron chi connectivity index (χ4n) is 1.43. The van der Waals surface area contributed by atoms with E-state index in [0.717, 1.165) is 26.4 Å². The Morgan fingerprint density at radius 2 is 1.84 bits per heavy atom. The van der Waals surface area contributed by atoms with E-state index in [-0.39, 0.29) is 11.1 Å². The molecule has 0 aliphatic heterocycles. The highest BCUT2D eigenvalue weighted by Crippen LogP contribution is 2.22. The first-order valence-corrected chi connectivity index (χ1v) is 5.24. The van der Waals surface area contributed by atoms with Crippen molar-refractivity contribution >= 4 is 11.9 Å². The molecule has 19 heavy (non-hydrogen) atoms. The molecule has 2 unspecified atom stereocenters. The minimum Gasteiger partial charge on any atom is -0.467 e. The summed E-state index contributed by atoms with van der Waals surface area (Å²) in [6.07, 6.45) is -3.71. The third-order valence-electron chi connectivity index (χ3n) is 2.48. The molecule has 0 saturated carbocycles. The highest BCUT2D eigenvalue weighted by molar-refractivity contribution is 5.89. The predicted octanol–water partition coefficient (Wildman–Crippen LogP) is 0.180. The van der Waals surface area contributed by atoms with Gasteiger partial charge in [-0.05, 0) is 12.1 Å². The molecule has 0 spiro atoms. The summed E-state index contributed by atoms with van der Waals surface area (Å²) >= 11 is 0. The molecule has 0 amide bonds. The van der Waals surface area contributed by atoms with E-state index in [4.69, 9.17) is 0 Å². The summed E-state index contributed by atoms with van der Waals surface area (Å²) in [5.41, 5.74) is -0.380. The van der Waals surface area contributed by atoms with Crippen molar-refractivity contribution in [1.82, 2.24) is 0 Å². The molecule has 0 radical (unpaired) electrons. The Balaban J connectivity index is 3.02. The number of ether oxygens (including phenoxy) is 2. The van der Waals surface area contributed by atoms with E-state index in [1.54, 1.807) is 0 Å². The molecule has 1 aromatic carbocycles. The Hall–Kier alpha value is -1.99. The number of esters is 2. The standard InChI is InChI=1S/C12H13FO6/c1-18-11(16)6-3-4-7(8(13)5-6)9(14)10(15)12(17)19-2/h3-5,9-10,14-15H,1-2H3. The van der Waals surface area contributed by atoms with Gasteiger partial charge in [-0.15, -0.1) is 0 Å². The van der Waals surface area contributed by atoms with Gasteiger partial charge in [-0.1, -0.05) is 6.07 Å². The number of carbonyl (C=O) groups excluding carboxylic acids is 2. The van der Waals surface area contributed by atoms with Crippen LogP contribution in [-0.4, -0.2) is 42.5 Å². The number of aliphatic hydroxyl groups is 2. The van der Waals surface area contributed by atoms with Gasteiger partial charge in [-0.3, -0.25) is 0 Å². The van der Waals surface area contributed by atoms with E-state index in [2.05, 4.69) is 9.47 Å². The molecule has 2 atom stereocenters. The summed E-state index contributed by atoms with van der Waals surface area (Å²) in [6, 6.07) is 3.13. The van der Waals surface area contributed by atoms with E-state index < -0.39 is 30.0 Å². The second kappa shape index (κ2) is 6.26. The molecule has 0 aromatic heterocycles. The lowest BCUT2D eigenvalue weighted by molar-refractivity contribution is -0.156. The predicted molar refractivity (Wildman–Crippen MR) is 60.7 cm³/mol. The van der Waals surface area contributed by atoms with Crippen LogP contribution in [0, 0.1) is 5.82 Å². The number of carbonyl (C=O) groups is 2. The van der Waals surface area contributed by atoms with Crippen molar-refractivity contribution in [3.8, 4) is 0 Å². The fraction of sp³-hybridized carbons (Fsp3) is 0.333. The molecular formula is C12H13FO6. The van der Waals surface area contributed by atoms with Crippen molar-refractivity contribution in [1.29, 1.82) is 0 Å². The van der Waals surface area contributed by atoms with Crippen LogP contribution < -0.4 is 0 Å². The smallest absolute Gasteiger partial charge is 0.337 e. The quantitative estimate of drug-likeness (QED) is 0.759. The number of methoxy groups -OCH3 is 2. The monoisotopic (exact) mass is 272 g/mol. The molecule has 0 fully saturated rings. The zero-order chi connectivity index (χ0) is 14.6. The van der Waals surface area contributed by atoms with Crippen molar-refractivity contribution in [2.75, 3.05) is 14.2 Å². The molecule has 104 valence electrons. The van der Waals surface area contributed by atoms with Gasteiger partial charge in [-0.2, -0.15) is 0 Å². The first-order chi connectivity index (χ1) is 8.92. The largest absolute Gasteiger partial charge is 0.467 e. The summed E-state index contributed by atoms with van der Waals surface area (Å²) in [5.74, 6) is -2.78. The maximum Gasteiger partial charge on any atom is 0.337 e. The molecule has 6 nitrogen and oxygen atoms in total. The van der Waals surface area contributed by atoms with Crippen LogP contribution in [0.2, 0.25) is 0 Å². The van der Waals surface area contributed by atoms with Crippen molar-refractivity contribution in [3.63, 3.8) is 0 Å². The third-order valence-corrected chi connectivity index (χ3v) is 2.48. The minimum absolute atomic E-state index is 0.0523. The molecule has 7 heteroatoms. The Morgan fingerprint density at radius 3 is 2.32 bits per heavy atom. The van der Waals surface area contributed by atoms with Crippen LogP contribution in [-0.2, 0) is 14.3 Å². The number of halogens is 1. The van der Waals surface area contributed by atoms with Crippen LogP contribution in [0.4, 0.5) is 4.39 Å². The van der Waals surface area contributed by atoms with Crippen molar-refractivity contribution in [2.45, 2.75) is 12.2 Å². The summed E-state index contributed by atoms with van der Waals surface area (Å²) in [4.78, 5) is 22.2. The Kier molecular flexibility index (Phi) is 4.96. The Bertz CT molecular complexity index is 487. The first kappa shape index (κ1) is 15.1. The van der Waals surface area contributed by atoms with E-state index in [1.165, 1.54) is 6.07 Å². The molecule has 0 aliphatic carbocycles. The number of hydrogen-bond acceptors (Lipinski definition) is 6. The second-order valence-corrected chi connectivity index (χ2v) is 3.64. The van der Waals surface area contributed by atoms with Crippen LogP contribution in [0.5, 0.6) is 0 Å². The molecule has 2 N–H and O–H groups in total. The first-order valence-electron chi connectivity index (χ1n) is 5.24.